The molecule has 2 aliphatic heterocycles. The number of ether oxygens (including phenoxy) is 1. The molecule has 1 N–H and O–H groups in total. The van der Waals surface area contributed by atoms with Crippen LogP contribution in [-0.2, 0) is 11.3 Å². The van der Waals surface area contributed by atoms with E-state index in [-0.39, 0.29) is 12.2 Å². The summed E-state index contributed by atoms with van der Waals surface area (Å²) in [5.74, 6) is 0. The van der Waals surface area contributed by atoms with Crippen molar-refractivity contribution in [1.29, 1.82) is 0 Å². The van der Waals surface area contributed by atoms with E-state index in [1.54, 1.807) is 4.90 Å². The molecule has 0 bridgehead atoms. The van der Waals surface area contributed by atoms with E-state index in [4.69, 9.17) is 4.74 Å². The Kier molecular flexibility index (Phi) is 6.27. The molecule has 150 valence electrons. The summed E-state index contributed by atoms with van der Waals surface area (Å²) < 4.78 is 5.46. The van der Waals surface area contributed by atoms with Gasteiger partial charge in [0, 0.05) is 45.0 Å². The number of hydrogen-bond donors (Lipinski definition) is 1. The zero-order valence-corrected chi connectivity index (χ0v) is 16.9. The number of nitrogens with zero attached hydrogens (tertiary/aromatic N) is 3. The molecule has 0 aromatic heterocycles. The maximum atomic E-state index is 12.2. The number of likely N-dealkylation sites (tertiary alicyclic amines) is 1. The predicted molar refractivity (Wildman–Crippen MR) is 107 cm³/mol. The Hall–Kier alpha value is -1.79. The van der Waals surface area contributed by atoms with Crippen LogP contribution >= 0.6 is 0 Å². The quantitative estimate of drug-likeness (QED) is 0.880. The number of β-amino-alcohol motifs (C(OH)–C–C–N with tert-alkyl or cyclic N) is 1. The van der Waals surface area contributed by atoms with Gasteiger partial charge in [-0.2, -0.15) is 0 Å². The van der Waals surface area contributed by atoms with E-state index in [0.717, 1.165) is 45.6 Å². The lowest BCUT2D eigenvalue weighted by Gasteiger charge is -2.36. The molecule has 0 saturated carbocycles. The van der Waals surface area contributed by atoms with Crippen molar-refractivity contribution in [2.45, 2.75) is 51.9 Å². The molecule has 2 fully saturated rings. The summed E-state index contributed by atoms with van der Waals surface area (Å²) in [6, 6.07) is 8.69. The van der Waals surface area contributed by atoms with Crippen LogP contribution < -0.4 is 4.90 Å². The second-order valence-corrected chi connectivity index (χ2v) is 8.65. The van der Waals surface area contributed by atoms with Crippen LogP contribution in [0.1, 0.15) is 39.2 Å². The van der Waals surface area contributed by atoms with Crippen molar-refractivity contribution >= 4 is 11.8 Å². The van der Waals surface area contributed by atoms with Crippen LogP contribution in [-0.4, -0.2) is 72.0 Å². The lowest BCUT2D eigenvalue weighted by molar-refractivity contribution is 0.0240. The van der Waals surface area contributed by atoms with E-state index in [0.29, 0.717) is 13.1 Å². The van der Waals surface area contributed by atoms with Crippen LogP contribution in [0.2, 0.25) is 0 Å². The average Bonchev–Trinajstić information content (AvgIpc) is 2.61. The van der Waals surface area contributed by atoms with Crippen LogP contribution in [0.15, 0.2) is 24.3 Å². The Labute approximate surface area is 162 Å². The van der Waals surface area contributed by atoms with Gasteiger partial charge in [-0.3, -0.25) is 4.90 Å². The Morgan fingerprint density at radius 3 is 2.37 bits per heavy atom. The average molecular weight is 376 g/mol. The molecule has 2 saturated heterocycles. The minimum absolute atomic E-state index is 0.181. The van der Waals surface area contributed by atoms with Gasteiger partial charge in [-0.15, -0.1) is 0 Å². The Morgan fingerprint density at radius 2 is 1.78 bits per heavy atom. The summed E-state index contributed by atoms with van der Waals surface area (Å²) in [6.45, 7) is 11.4. The summed E-state index contributed by atoms with van der Waals surface area (Å²) in [6.07, 6.45) is 1.59. The highest BCUT2D eigenvalue weighted by atomic mass is 16.6. The first kappa shape index (κ1) is 20.0. The highest BCUT2D eigenvalue weighted by Gasteiger charge is 2.26. The van der Waals surface area contributed by atoms with E-state index < -0.39 is 5.60 Å². The van der Waals surface area contributed by atoms with Gasteiger partial charge >= 0.3 is 6.09 Å². The molecule has 0 aliphatic carbocycles. The Morgan fingerprint density at radius 1 is 1.11 bits per heavy atom. The van der Waals surface area contributed by atoms with Crippen molar-refractivity contribution < 1.29 is 14.6 Å². The number of benzene rings is 1. The Balaban J connectivity index is 1.49. The van der Waals surface area contributed by atoms with Crippen LogP contribution in [0.3, 0.4) is 0 Å². The number of aliphatic hydroxyl groups is 1. The van der Waals surface area contributed by atoms with Crippen LogP contribution in [0.25, 0.3) is 0 Å². The highest BCUT2D eigenvalue weighted by Crippen LogP contribution is 2.20. The minimum atomic E-state index is -0.450. The normalized spacial score (nSPS) is 22.0. The summed E-state index contributed by atoms with van der Waals surface area (Å²) >= 11 is 0. The van der Waals surface area contributed by atoms with Crippen molar-refractivity contribution in [2.24, 2.45) is 0 Å². The zero-order valence-electron chi connectivity index (χ0n) is 16.9. The molecule has 2 heterocycles. The molecule has 2 aliphatic rings. The number of rotatable bonds is 3. The maximum Gasteiger partial charge on any atom is 0.410 e. The third kappa shape index (κ3) is 5.84. The number of piperazine rings is 1. The molecule has 1 aromatic carbocycles. The van der Waals surface area contributed by atoms with Gasteiger partial charge in [0.1, 0.15) is 5.60 Å². The van der Waals surface area contributed by atoms with Gasteiger partial charge in [0.05, 0.1) is 6.10 Å². The fraction of sp³-hybridized carbons (Fsp3) is 0.667. The lowest BCUT2D eigenvalue weighted by atomic mass is 10.1. The summed E-state index contributed by atoms with van der Waals surface area (Å²) in [7, 11) is 0. The molecule has 1 amide bonds. The van der Waals surface area contributed by atoms with Gasteiger partial charge in [-0.25, -0.2) is 4.79 Å². The molecule has 6 heteroatoms. The number of anilines is 1. The molecule has 1 atom stereocenters. The SMILES string of the molecule is CC(C)(C)OC(=O)N1CCN(c2ccc(CN3CCCC(O)C3)cc2)CC1. The summed E-state index contributed by atoms with van der Waals surface area (Å²) in [5.41, 5.74) is 2.02. The predicted octanol–water partition coefficient (Wildman–Crippen LogP) is 2.70. The molecule has 1 aromatic rings. The largest absolute Gasteiger partial charge is 0.444 e. The van der Waals surface area contributed by atoms with E-state index in [2.05, 4.69) is 34.1 Å². The topological polar surface area (TPSA) is 56.2 Å². The van der Waals surface area contributed by atoms with Crippen LogP contribution in [0.5, 0.6) is 0 Å². The van der Waals surface area contributed by atoms with Gasteiger partial charge in [0.25, 0.3) is 0 Å². The van der Waals surface area contributed by atoms with Crippen molar-refractivity contribution in [1.82, 2.24) is 9.80 Å². The third-order valence-corrected chi connectivity index (χ3v) is 5.12. The molecule has 0 radical (unpaired) electrons. The maximum absolute atomic E-state index is 12.2. The third-order valence-electron chi connectivity index (χ3n) is 5.12. The summed E-state index contributed by atoms with van der Waals surface area (Å²) in [5, 5.41) is 9.81. The second kappa shape index (κ2) is 8.48. The van der Waals surface area contributed by atoms with Gasteiger partial charge < -0.3 is 19.6 Å². The zero-order chi connectivity index (χ0) is 19.4. The van der Waals surface area contributed by atoms with E-state index in [1.807, 2.05) is 20.8 Å². The van der Waals surface area contributed by atoms with E-state index >= 15 is 0 Å². The fourth-order valence-corrected chi connectivity index (χ4v) is 3.72. The number of aliphatic hydroxyl groups excluding tert-OH is 1. The second-order valence-electron chi connectivity index (χ2n) is 8.65. The van der Waals surface area contributed by atoms with Gasteiger partial charge in [-0.1, -0.05) is 12.1 Å². The molecular weight excluding hydrogens is 342 g/mol. The molecule has 1 unspecified atom stereocenters. The number of piperidine rings is 1. The molecule has 3 rings (SSSR count). The molecule has 0 spiro atoms. The van der Waals surface area contributed by atoms with E-state index in [9.17, 15) is 9.90 Å². The van der Waals surface area contributed by atoms with E-state index in [1.165, 1.54) is 11.3 Å². The van der Waals surface area contributed by atoms with Gasteiger partial charge in [-0.05, 0) is 57.9 Å². The number of carbonyl (C=O) groups excluding carboxylic acids is 1. The number of amides is 1. The minimum Gasteiger partial charge on any atom is -0.444 e. The van der Waals surface area contributed by atoms with Crippen molar-refractivity contribution in [2.75, 3.05) is 44.2 Å². The van der Waals surface area contributed by atoms with Crippen molar-refractivity contribution in [3.05, 3.63) is 29.8 Å². The first-order chi connectivity index (χ1) is 12.8. The molecular formula is C21H33N3O3. The monoisotopic (exact) mass is 375 g/mol. The molecule has 27 heavy (non-hydrogen) atoms. The van der Waals surface area contributed by atoms with Gasteiger partial charge in [0.2, 0.25) is 0 Å². The first-order valence-corrected chi connectivity index (χ1v) is 10.0. The van der Waals surface area contributed by atoms with Crippen molar-refractivity contribution in [3.8, 4) is 0 Å². The fourth-order valence-electron chi connectivity index (χ4n) is 3.72. The summed E-state index contributed by atoms with van der Waals surface area (Å²) in [4.78, 5) is 18.6. The lowest BCUT2D eigenvalue weighted by Crippen LogP contribution is -2.50. The number of carbonyl (C=O) groups is 1. The van der Waals surface area contributed by atoms with Gasteiger partial charge in [0.15, 0.2) is 0 Å². The van der Waals surface area contributed by atoms with Crippen molar-refractivity contribution in [3.63, 3.8) is 0 Å². The van der Waals surface area contributed by atoms with Crippen LogP contribution in [0.4, 0.5) is 10.5 Å². The Bertz CT molecular complexity index is 619. The highest BCUT2D eigenvalue weighted by molar-refractivity contribution is 5.68. The first-order valence-electron chi connectivity index (χ1n) is 10.0. The standard InChI is InChI=1S/C21H33N3O3/c1-21(2,3)27-20(26)24-13-11-23(12-14-24)18-8-6-17(7-9-18)15-22-10-4-5-19(25)16-22/h6-9,19,25H,4-5,10-16H2,1-3H3. The molecule has 6 nitrogen and oxygen atoms in total. The number of hydrogen-bond acceptors (Lipinski definition) is 5. The smallest absolute Gasteiger partial charge is 0.410 e. The van der Waals surface area contributed by atoms with Crippen LogP contribution in [0, 0.1) is 0 Å².